The van der Waals surface area contributed by atoms with Gasteiger partial charge in [0.25, 0.3) is 0 Å². The van der Waals surface area contributed by atoms with E-state index in [9.17, 15) is 10.2 Å². The van der Waals surface area contributed by atoms with Gasteiger partial charge in [-0.05, 0) is 48.2 Å². The molecule has 6 N–H and O–H groups in total. The van der Waals surface area contributed by atoms with Crippen molar-refractivity contribution in [1.82, 2.24) is 0 Å². The fourth-order valence-corrected chi connectivity index (χ4v) is 1.81. The highest BCUT2D eigenvalue weighted by atomic mass is 16.3. The fraction of sp³-hybridized carbons (Fsp3) is 0.143. The third-order valence-corrected chi connectivity index (χ3v) is 2.89. The molecule has 0 bridgehead atoms. The Hall–Kier alpha value is -2.36. The molecule has 0 amide bonds. The molecule has 2 aromatic rings. The minimum atomic E-state index is 0.104. The molecule has 0 atom stereocenters. The van der Waals surface area contributed by atoms with Gasteiger partial charge in [0.1, 0.15) is 11.5 Å². The Morgan fingerprint density at radius 1 is 0.722 bits per heavy atom. The number of rotatable bonds is 3. The summed E-state index contributed by atoms with van der Waals surface area (Å²) in [4.78, 5) is 0. The number of anilines is 2. The van der Waals surface area contributed by atoms with Crippen molar-refractivity contribution in [2.24, 2.45) is 0 Å². The van der Waals surface area contributed by atoms with Gasteiger partial charge in [-0.25, -0.2) is 0 Å². The van der Waals surface area contributed by atoms with Crippen LogP contribution in [-0.4, -0.2) is 10.2 Å². The number of aryl methyl sites for hydroxylation is 2. The van der Waals surface area contributed by atoms with Gasteiger partial charge in [0.15, 0.2) is 0 Å². The third kappa shape index (κ3) is 2.66. The molecular formula is C14H16N2O2. The number of nitrogen functional groups attached to an aromatic ring is 2. The first-order valence-corrected chi connectivity index (χ1v) is 5.71. The summed E-state index contributed by atoms with van der Waals surface area (Å²) in [7, 11) is 0. The van der Waals surface area contributed by atoms with Crippen LogP contribution < -0.4 is 11.5 Å². The summed E-state index contributed by atoms with van der Waals surface area (Å²) in [6, 6.07) is 10.4. The van der Waals surface area contributed by atoms with Gasteiger partial charge in [-0.3, -0.25) is 0 Å². The SMILES string of the molecule is Nc1cc(CCc2ccc(O)c(N)c2)ccc1O. The molecule has 0 aromatic heterocycles. The highest BCUT2D eigenvalue weighted by Crippen LogP contribution is 2.23. The van der Waals surface area contributed by atoms with E-state index in [1.54, 1.807) is 24.3 Å². The lowest BCUT2D eigenvalue weighted by atomic mass is 10.0. The number of phenolic OH excluding ortho intramolecular Hbond substituents is 2. The monoisotopic (exact) mass is 244 g/mol. The van der Waals surface area contributed by atoms with Gasteiger partial charge in [-0.2, -0.15) is 0 Å². The smallest absolute Gasteiger partial charge is 0.138 e. The number of phenols is 2. The van der Waals surface area contributed by atoms with E-state index in [1.165, 1.54) is 0 Å². The Bertz CT molecular complexity index is 516. The molecule has 0 aliphatic rings. The van der Waals surface area contributed by atoms with Crippen LogP contribution in [0.15, 0.2) is 36.4 Å². The van der Waals surface area contributed by atoms with Crippen LogP contribution in [0.1, 0.15) is 11.1 Å². The van der Waals surface area contributed by atoms with E-state index in [4.69, 9.17) is 11.5 Å². The van der Waals surface area contributed by atoms with Crippen LogP contribution in [0.3, 0.4) is 0 Å². The Labute approximate surface area is 105 Å². The van der Waals surface area contributed by atoms with E-state index in [-0.39, 0.29) is 11.5 Å². The third-order valence-electron chi connectivity index (χ3n) is 2.89. The average Bonchev–Trinajstić information content (AvgIpc) is 2.35. The van der Waals surface area contributed by atoms with E-state index in [0.717, 1.165) is 24.0 Å². The molecule has 2 aromatic carbocycles. The molecule has 0 saturated carbocycles. The second-order valence-corrected chi connectivity index (χ2v) is 4.29. The molecule has 0 aliphatic carbocycles. The molecule has 2 rings (SSSR count). The van der Waals surface area contributed by atoms with Crippen LogP contribution in [0.4, 0.5) is 11.4 Å². The van der Waals surface area contributed by atoms with Gasteiger partial charge in [-0.1, -0.05) is 12.1 Å². The van der Waals surface area contributed by atoms with Crippen molar-refractivity contribution in [3.05, 3.63) is 47.5 Å². The summed E-state index contributed by atoms with van der Waals surface area (Å²) in [6.07, 6.45) is 1.60. The van der Waals surface area contributed by atoms with Gasteiger partial charge in [0.2, 0.25) is 0 Å². The van der Waals surface area contributed by atoms with Crippen molar-refractivity contribution in [1.29, 1.82) is 0 Å². The van der Waals surface area contributed by atoms with Crippen molar-refractivity contribution < 1.29 is 10.2 Å². The summed E-state index contributed by atoms with van der Waals surface area (Å²) >= 11 is 0. The maximum atomic E-state index is 9.33. The van der Waals surface area contributed by atoms with E-state index >= 15 is 0 Å². The van der Waals surface area contributed by atoms with E-state index in [1.807, 2.05) is 12.1 Å². The first-order valence-electron chi connectivity index (χ1n) is 5.71. The largest absolute Gasteiger partial charge is 0.506 e. The fourth-order valence-electron chi connectivity index (χ4n) is 1.81. The standard InChI is InChI=1S/C14H16N2O2/c15-11-7-9(3-5-13(11)17)1-2-10-4-6-14(18)12(16)8-10/h3-8,17-18H,1-2,15-16H2. The molecule has 18 heavy (non-hydrogen) atoms. The van der Waals surface area contributed by atoms with Gasteiger partial charge >= 0.3 is 0 Å². The Balaban J connectivity index is 2.06. The van der Waals surface area contributed by atoms with Gasteiger partial charge in [0.05, 0.1) is 11.4 Å². The molecule has 0 spiro atoms. The van der Waals surface area contributed by atoms with Crippen LogP contribution in [0.2, 0.25) is 0 Å². The van der Waals surface area contributed by atoms with Gasteiger partial charge in [0, 0.05) is 0 Å². The molecule has 0 saturated heterocycles. The molecule has 4 nitrogen and oxygen atoms in total. The van der Waals surface area contributed by atoms with Gasteiger partial charge < -0.3 is 21.7 Å². The highest BCUT2D eigenvalue weighted by molar-refractivity contribution is 5.54. The summed E-state index contributed by atoms with van der Waals surface area (Å²) in [6.45, 7) is 0. The van der Waals surface area contributed by atoms with Crippen molar-refractivity contribution >= 4 is 11.4 Å². The van der Waals surface area contributed by atoms with Crippen LogP contribution >= 0.6 is 0 Å². The van der Waals surface area contributed by atoms with Gasteiger partial charge in [-0.15, -0.1) is 0 Å². The topological polar surface area (TPSA) is 92.5 Å². The maximum absolute atomic E-state index is 9.33. The molecule has 4 heteroatoms. The summed E-state index contributed by atoms with van der Waals surface area (Å²) in [5, 5.41) is 18.7. The number of hydrogen-bond donors (Lipinski definition) is 4. The highest BCUT2D eigenvalue weighted by Gasteiger charge is 2.02. The Morgan fingerprint density at radius 3 is 1.44 bits per heavy atom. The predicted octanol–water partition coefficient (Wildman–Crippen LogP) is 2.05. The quantitative estimate of drug-likeness (QED) is 0.491. The lowest BCUT2D eigenvalue weighted by Gasteiger charge is -2.06. The lowest BCUT2D eigenvalue weighted by molar-refractivity contribution is 0.477. The zero-order valence-electron chi connectivity index (χ0n) is 9.93. The van der Waals surface area contributed by atoms with Crippen molar-refractivity contribution in [3.63, 3.8) is 0 Å². The number of hydrogen-bond acceptors (Lipinski definition) is 4. The molecule has 0 heterocycles. The van der Waals surface area contributed by atoms with E-state index in [2.05, 4.69) is 0 Å². The zero-order valence-corrected chi connectivity index (χ0v) is 9.93. The Morgan fingerprint density at radius 2 is 1.11 bits per heavy atom. The first-order chi connectivity index (χ1) is 8.56. The minimum absolute atomic E-state index is 0.104. The van der Waals surface area contributed by atoms with E-state index < -0.39 is 0 Å². The zero-order chi connectivity index (χ0) is 13.1. The minimum Gasteiger partial charge on any atom is -0.506 e. The van der Waals surface area contributed by atoms with Crippen LogP contribution in [0.5, 0.6) is 11.5 Å². The van der Waals surface area contributed by atoms with Crippen molar-refractivity contribution in [2.45, 2.75) is 12.8 Å². The van der Waals surface area contributed by atoms with Crippen LogP contribution in [-0.2, 0) is 12.8 Å². The molecule has 0 fully saturated rings. The van der Waals surface area contributed by atoms with Crippen molar-refractivity contribution in [3.8, 4) is 11.5 Å². The maximum Gasteiger partial charge on any atom is 0.138 e. The normalized spacial score (nSPS) is 10.4. The second kappa shape index (κ2) is 4.87. The molecular weight excluding hydrogens is 228 g/mol. The lowest BCUT2D eigenvalue weighted by Crippen LogP contribution is -1.95. The molecule has 0 radical (unpaired) electrons. The number of benzene rings is 2. The van der Waals surface area contributed by atoms with Crippen molar-refractivity contribution in [2.75, 3.05) is 11.5 Å². The first kappa shape index (κ1) is 12.1. The summed E-state index contributed by atoms with van der Waals surface area (Å²) in [5.74, 6) is 0.209. The predicted molar refractivity (Wildman–Crippen MR) is 72.4 cm³/mol. The Kier molecular flexibility index (Phi) is 3.28. The molecule has 94 valence electrons. The summed E-state index contributed by atoms with van der Waals surface area (Å²) in [5.41, 5.74) is 14.1. The van der Waals surface area contributed by atoms with Crippen LogP contribution in [0, 0.1) is 0 Å². The number of aromatic hydroxyl groups is 2. The molecule has 0 unspecified atom stereocenters. The number of nitrogens with two attached hydrogens (primary N) is 2. The second-order valence-electron chi connectivity index (χ2n) is 4.29. The summed E-state index contributed by atoms with van der Waals surface area (Å²) < 4.78 is 0. The van der Waals surface area contributed by atoms with Crippen LogP contribution in [0.25, 0.3) is 0 Å². The molecule has 0 aliphatic heterocycles. The average molecular weight is 244 g/mol. The van der Waals surface area contributed by atoms with E-state index in [0.29, 0.717) is 11.4 Å².